The van der Waals surface area contributed by atoms with Crippen molar-refractivity contribution in [3.63, 3.8) is 0 Å². The maximum absolute atomic E-state index is 12.6. The number of allylic oxidation sites excluding steroid dienone is 4. The van der Waals surface area contributed by atoms with Gasteiger partial charge in [0, 0.05) is 18.3 Å². The standard InChI is InChI=1S/C23H26N4O2/c1-24-11-9-14-13-25-23-16(7-8-19(29)20(14)23)22-15(10-12-27(2)3)21-17(26-22)5-4-6-18(21)28/h4-8,13,24-26H,9-12H2,1-3H3. The van der Waals surface area contributed by atoms with Crippen LogP contribution in [0.25, 0.3) is 11.6 Å². The van der Waals surface area contributed by atoms with Gasteiger partial charge in [-0.1, -0.05) is 6.08 Å². The molecule has 0 aliphatic heterocycles. The second-order valence-corrected chi connectivity index (χ2v) is 7.74. The number of rotatable bonds is 6. The average Bonchev–Trinajstić information content (AvgIpc) is 3.28. The molecule has 0 radical (unpaired) electrons. The van der Waals surface area contributed by atoms with Gasteiger partial charge in [-0.25, -0.2) is 0 Å². The molecule has 0 bridgehead atoms. The van der Waals surface area contributed by atoms with E-state index in [1.54, 1.807) is 18.2 Å². The van der Waals surface area contributed by atoms with Crippen LogP contribution in [0.2, 0.25) is 0 Å². The summed E-state index contributed by atoms with van der Waals surface area (Å²) in [5.74, 6) is 0.0446. The van der Waals surface area contributed by atoms with Crippen LogP contribution in [-0.4, -0.2) is 60.7 Å². The van der Waals surface area contributed by atoms with Gasteiger partial charge in [-0.3, -0.25) is 9.59 Å². The lowest BCUT2D eigenvalue weighted by molar-refractivity contribution is 0.103. The molecule has 0 fully saturated rings. The predicted octanol–water partition coefficient (Wildman–Crippen LogP) is 0.693. The highest BCUT2D eigenvalue weighted by Gasteiger charge is 2.25. The molecule has 0 spiro atoms. The van der Waals surface area contributed by atoms with Gasteiger partial charge in [0.15, 0.2) is 11.6 Å². The van der Waals surface area contributed by atoms with Crippen molar-refractivity contribution in [3.8, 4) is 0 Å². The van der Waals surface area contributed by atoms with E-state index in [4.69, 9.17) is 0 Å². The summed E-state index contributed by atoms with van der Waals surface area (Å²) < 4.78 is 0. The van der Waals surface area contributed by atoms with Gasteiger partial charge in [0.05, 0.1) is 27.5 Å². The van der Waals surface area contributed by atoms with Crippen molar-refractivity contribution >= 4 is 23.2 Å². The second-order valence-electron chi connectivity index (χ2n) is 7.74. The van der Waals surface area contributed by atoms with E-state index in [2.05, 4.69) is 20.2 Å². The zero-order chi connectivity index (χ0) is 20.5. The number of likely N-dealkylation sites (N-methyl/N-ethyl adjacent to an activating group) is 2. The molecular weight excluding hydrogens is 364 g/mol. The molecule has 2 aromatic rings. The van der Waals surface area contributed by atoms with Gasteiger partial charge in [0.25, 0.3) is 0 Å². The van der Waals surface area contributed by atoms with Crippen molar-refractivity contribution in [2.75, 3.05) is 34.2 Å². The number of hydrogen-bond acceptors (Lipinski definition) is 4. The zero-order valence-electron chi connectivity index (χ0n) is 17.1. The van der Waals surface area contributed by atoms with Crippen LogP contribution >= 0.6 is 0 Å². The maximum Gasteiger partial charge on any atom is 0.188 e. The molecule has 2 aliphatic carbocycles. The van der Waals surface area contributed by atoms with E-state index in [0.29, 0.717) is 0 Å². The number of nitrogens with zero attached hydrogens (tertiary/aromatic N) is 1. The molecule has 150 valence electrons. The van der Waals surface area contributed by atoms with Gasteiger partial charge in [0.1, 0.15) is 0 Å². The van der Waals surface area contributed by atoms with Crippen LogP contribution < -0.4 is 16.0 Å². The number of carbonyl (C=O) groups excluding carboxylic acids is 2. The number of aromatic nitrogens is 2. The molecule has 2 aromatic heterocycles. The first-order chi connectivity index (χ1) is 14.0. The minimum atomic E-state index is 0.0200. The van der Waals surface area contributed by atoms with Crippen molar-refractivity contribution in [1.82, 2.24) is 20.2 Å². The van der Waals surface area contributed by atoms with Gasteiger partial charge in [-0.05, 0) is 76.0 Å². The number of nitrogens with one attached hydrogen (secondary N) is 3. The average molecular weight is 390 g/mol. The molecule has 3 N–H and O–H groups in total. The molecule has 0 amide bonds. The minimum absolute atomic E-state index is 0.0200. The van der Waals surface area contributed by atoms with Crippen LogP contribution in [0.5, 0.6) is 0 Å². The number of hydrogen-bond donors (Lipinski definition) is 3. The largest absolute Gasteiger partial charge is 0.360 e. The summed E-state index contributed by atoms with van der Waals surface area (Å²) in [5, 5.41) is 4.89. The summed E-state index contributed by atoms with van der Waals surface area (Å²) in [7, 11) is 5.95. The van der Waals surface area contributed by atoms with Crippen LogP contribution in [0.4, 0.5) is 0 Å². The summed E-state index contributed by atoms with van der Waals surface area (Å²) in [6.07, 6.45) is 12.3. The van der Waals surface area contributed by atoms with Gasteiger partial charge in [-0.2, -0.15) is 0 Å². The fraction of sp³-hybridized carbons (Fsp3) is 0.304. The molecule has 0 saturated heterocycles. The summed E-state index contributed by atoms with van der Waals surface area (Å²) in [4.78, 5) is 34.1. The second kappa shape index (κ2) is 7.81. The molecule has 0 unspecified atom stereocenters. The number of aromatic amines is 2. The first kappa shape index (κ1) is 19.4. The Kier molecular flexibility index (Phi) is 5.22. The van der Waals surface area contributed by atoms with Crippen LogP contribution in [-0.2, 0) is 12.8 Å². The lowest BCUT2D eigenvalue weighted by Crippen LogP contribution is -2.23. The number of H-pyrrole nitrogens is 2. The Morgan fingerprint density at radius 3 is 2.59 bits per heavy atom. The molecule has 2 heterocycles. The Labute approximate surface area is 169 Å². The normalized spacial score (nSPS) is 17.0. The fourth-order valence-electron chi connectivity index (χ4n) is 4.05. The monoisotopic (exact) mass is 390 g/mol. The van der Waals surface area contributed by atoms with E-state index >= 15 is 0 Å². The lowest BCUT2D eigenvalue weighted by Gasteiger charge is -2.13. The van der Waals surface area contributed by atoms with Crippen molar-refractivity contribution in [1.29, 1.82) is 0 Å². The van der Waals surface area contributed by atoms with E-state index in [0.717, 1.165) is 70.2 Å². The molecule has 6 heteroatoms. The van der Waals surface area contributed by atoms with Crippen LogP contribution in [0, 0.1) is 0 Å². The Bertz CT molecular complexity index is 1160. The molecule has 0 aromatic carbocycles. The minimum Gasteiger partial charge on any atom is -0.360 e. The lowest BCUT2D eigenvalue weighted by atomic mass is 9.92. The van der Waals surface area contributed by atoms with Gasteiger partial charge in [0.2, 0.25) is 0 Å². The van der Waals surface area contributed by atoms with Crippen LogP contribution in [0.15, 0.2) is 30.5 Å². The number of carbonyl (C=O) groups is 2. The molecule has 0 atom stereocenters. The molecule has 6 nitrogen and oxygen atoms in total. The van der Waals surface area contributed by atoms with Crippen molar-refractivity contribution < 1.29 is 9.59 Å². The van der Waals surface area contributed by atoms with Crippen LogP contribution in [0.1, 0.15) is 37.5 Å². The van der Waals surface area contributed by atoms with E-state index in [1.165, 1.54) is 0 Å². The van der Waals surface area contributed by atoms with E-state index in [9.17, 15) is 9.59 Å². The Morgan fingerprint density at radius 2 is 1.83 bits per heavy atom. The third-order valence-corrected chi connectivity index (χ3v) is 5.49. The summed E-state index contributed by atoms with van der Waals surface area (Å²) in [6, 6.07) is 0. The van der Waals surface area contributed by atoms with Gasteiger partial charge in [-0.15, -0.1) is 0 Å². The number of ketones is 2. The third kappa shape index (κ3) is 3.45. The van der Waals surface area contributed by atoms with E-state index < -0.39 is 0 Å². The highest BCUT2D eigenvalue weighted by atomic mass is 16.1. The van der Waals surface area contributed by atoms with E-state index in [1.807, 2.05) is 39.5 Å². The molecule has 2 aliphatic rings. The maximum atomic E-state index is 12.6. The molecule has 29 heavy (non-hydrogen) atoms. The van der Waals surface area contributed by atoms with Gasteiger partial charge >= 0.3 is 0 Å². The Hall–Kier alpha value is -2.96. The van der Waals surface area contributed by atoms with Crippen LogP contribution in [0.3, 0.4) is 0 Å². The summed E-state index contributed by atoms with van der Waals surface area (Å²) >= 11 is 0. The first-order valence-electron chi connectivity index (χ1n) is 9.91. The zero-order valence-corrected chi connectivity index (χ0v) is 17.1. The Morgan fingerprint density at radius 1 is 1.03 bits per heavy atom. The van der Waals surface area contributed by atoms with E-state index in [-0.39, 0.29) is 11.6 Å². The quantitative estimate of drug-likeness (QED) is 0.678. The SMILES string of the molecule is CNCCc1c[nH]c2c1C(=O)C=CC2=c1[nH]c2c(c1CCN(C)C)C(=O)C=CC=2. The first-order valence-corrected chi connectivity index (χ1v) is 9.91. The summed E-state index contributed by atoms with van der Waals surface area (Å²) in [5.41, 5.74) is 5.25. The smallest absolute Gasteiger partial charge is 0.188 e. The molecular formula is C23H26N4O2. The Balaban J connectivity index is 1.95. The predicted molar refractivity (Wildman–Crippen MR) is 115 cm³/mol. The molecule has 4 rings (SSSR count). The topological polar surface area (TPSA) is 81.0 Å². The number of fused-ring (bicyclic) bond motifs is 2. The molecule has 0 saturated carbocycles. The summed E-state index contributed by atoms with van der Waals surface area (Å²) in [6.45, 7) is 1.63. The van der Waals surface area contributed by atoms with Crippen molar-refractivity contribution in [3.05, 3.63) is 69.1 Å². The highest BCUT2D eigenvalue weighted by molar-refractivity contribution is 6.13. The van der Waals surface area contributed by atoms with Crippen molar-refractivity contribution in [2.24, 2.45) is 0 Å². The van der Waals surface area contributed by atoms with Crippen molar-refractivity contribution in [2.45, 2.75) is 12.8 Å². The fourth-order valence-corrected chi connectivity index (χ4v) is 4.05. The third-order valence-electron chi connectivity index (χ3n) is 5.49. The van der Waals surface area contributed by atoms with Gasteiger partial charge < -0.3 is 20.2 Å². The highest BCUT2D eigenvalue weighted by Crippen LogP contribution is 2.27.